The quantitative estimate of drug-likeness (QED) is 0.627. The number of urea groups is 1. The van der Waals surface area contributed by atoms with Gasteiger partial charge in [-0.25, -0.2) is 22.7 Å². The lowest BCUT2D eigenvalue weighted by molar-refractivity contribution is 0.238. The van der Waals surface area contributed by atoms with Crippen molar-refractivity contribution in [1.82, 2.24) is 15.5 Å². The molecule has 1 rings (SSSR count). The number of hydrogen-bond donors (Lipinski definition) is 3. The molecule has 0 spiro atoms. The molecule has 9 heteroatoms. The van der Waals surface area contributed by atoms with E-state index in [4.69, 9.17) is 5.14 Å². The smallest absolute Gasteiger partial charge is 0.314 e. The van der Waals surface area contributed by atoms with E-state index in [1.165, 1.54) is 19.1 Å². The predicted molar refractivity (Wildman–Crippen MR) is 86.7 cm³/mol. The number of benzene rings is 1. The maximum Gasteiger partial charge on any atom is 0.314 e. The van der Waals surface area contributed by atoms with Crippen molar-refractivity contribution in [2.75, 3.05) is 26.7 Å². The Balaban J connectivity index is 2.22. The largest absolute Gasteiger partial charge is 0.337 e. The summed E-state index contributed by atoms with van der Waals surface area (Å²) < 4.78 is 34.8. The summed E-state index contributed by atoms with van der Waals surface area (Å²) in [6.07, 6.45) is 0. The van der Waals surface area contributed by atoms with Gasteiger partial charge in [0.1, 0.15) is 5.82 Å². The molecule has 0 aliphatic heterocycles. The summed E-state index contributed by atoms with van der Waals surface area (Å²) in [5.41, 5.74) is 0.973. The third kappa shape index (κ3) is 7.91. The lowest BCUT2D eigenvalue weighted by atomic mass is 10.2. The van der Waals surface area contributed by atoms with Crippen molar-refractivity contribution in [2.45, 2.75) is 18.7 Å². The number of likely N-dealkylation sites (N-methyl/N-ethyl adjacent to an activating group) is 1. The van der Waals surface area contributed by atoms with Gasteiger partial charge in [-0.1, -0.05) is 12.1 Å². The Morgan fingerprint density at radius 3 is 2.48 bits per heavy atom. The number of halogens is 1. The first-order valence-corrected chi connectivity index (χ1v) is 8.75. The molecular weight excluding hydrogens is 323 g/mol. The highest BCUT2D eigenvalue weighted by Gasteiger charge is 2.16. The van der Waals surface area contributed by atoms with Gasteiger partial charge in [0.25, 0.3) is 0 Å². The Morgan fingerprint density at radius 2 is 1.91 bits per heavy atom. The molecule has 0 heterocycles. The van der Waals surface area contributed by atoms with Crippen LogP contribution in [0.2, 0.25) is 0 Å². The van der Waals surface area contributed by atoms with E-state index in [1.807, 2.05) is 11.9 Å². The average molecular weight is 346 g/mol. The van der Waals surface area contributed by atoms with Gasteiger partial charge in [-0.2, -0.15) is 0 Å². The lowest BCUT2D eigenvalue weighted by Crippen LogP contribution is -2.44. The normalized spacial score (nSPS) is 12.9. The van der Waals surface area contributed by atoms with Gasteiger partial charge in [-0.05, 0) is 31.7 Å². The molecule has 0 bridgehead atoms. The van der Waals surface area contributed by atoms with Crippen molar-refractivity contribution in [3.63, 3.8) is 0 Å². The van der Waals surface area contributed by atoms with E-state index >= 15 is 0 Å². The molecule has 4 N–H and O–H groups in total. The zero-order chi connectivity index (χ0) is 17.5. The first kappa shape index (κ1) is 19.3. The number of sulfonamides is 1. The van der Waals surface area contributed by atoms with Crippen LogP contribution in [0.3, 0.4) is 0 Å². The molecule has 1 atom stereocenters. The molecule has 0 saturated heterocycles. The van der Waals surface area contributed by atoms with Crippen LogP contribution < -0.4 is 15.8 Å². The maximum absolute atomic E-state index is 12.8. The van der Waals surface area contributed by atoms with Crippen molar-refractivity contribution in [3.8, 4) is 0 Å². The summed E-state index contributed by atoms with van der Waals surface area (Å²) in [6, 6.07) is 5.78. The molecular formula is C14H23FN4O3S. The monoisotopic (exact) mass is 346 g/mol. The Labute approximate surface area is 136 Å². The summed E-state index contributed by atoms with van der Waals surface area (Å²) in [6.45, 7) is 3.00. The highest BCUT2D eigenvalue weighted by Crippen LogP contribution is 2.04. The number of amides is 2. The van der Waals surface area contributed by atoms with Gasteiger partial charge in [-0.15, -0.1) is 0 Å². The predicted octanol–water partition coefficient (Wildman–Crippen LogP) is 0.234. The van der Waals surface area contributed by atoms with E-state index in [-0.39, 0.29) is 12.4 Å². The number of rotatable bonds is 8. The minimum absolute atomic E-state index is 0.0456. The molecule has 1 aromatic carbocycles. The van der Waals surface area contributed by atoms with Crippen LogP contribution in [0.15, 0.2) is 24.3 Å². The van der Waals surface area contributed by atoms with Crippen LogP contribution in [-0.4, -0.2) is 51.3 Å². The Morgan fingerprint density at radius 1 is 1.30 bits per heavy atom. The van der Waals surface area contributed by atoms with Crippen molar-refractivity contribution in [2.24, 2.45) is 5.14 Å². The van der Waals surface area contributed by atoms with E-state index in [1.54, 1.807) is 12.1 Å². The number of primary sulfonamides is 1. The van der Waals surface area contributed by atoms with Gasteiger partial charge < -0.3 is 15.5 Å². The number of hydrogen-bond acceptors (Lipinski definition) is 4. The second-order valence-corrected chi connectivity index (χ2v) is 7.38. The molecule has 0 fully saturated rings. The zero-order valence-corrected chi connectivity index (χ0v) is 14.1. The standard InChI is InChI=1S/C14H23FN4O3S/c1-11(23(16,21)22)9-18-14(20)17-7-8-19(2)10-12-3-5-13(15)6-4-12/h3-6,11H,7-10H2,1-2H3,(H2,16,21,22)(H2,17,18,20)/t11-/m1/s1. The Hall–Kier alpha value is -1.71. The van der Waals surface area contributed by atoms with Gasteiger partial charge in [0.15, 0.2) is 0 Å². The Bertz CT molecular complexity index is 607. The molecule has 7 nitrogen and oxygen atoms in total. The van der Waals surface area contributed by atoms with E-state index in [9.17, 15) is 17.6 Å². The fourth-order valence-electron chi connectivity index (χ4n) is 1.76. The minimum Gasteiger partial charge on any atom is -0.337 e. The molecule has 130 valence electrons. The van der Waals surface area contributed by atoms with Crippen LogP contribution in [0.1, 0.15) is 12.5 Å². The molecule has 2 amide bonds. The Kier molecular flexibility index (Phi) is 7.40. The first-order chi connectivity index (χ1) is 10.7. The van der Waals surface area contributed by atoms with E-state index in [0.717, 1.165) is 5.56 Å². The summed E-state index contributed by atoms with van der Waals surface area (Å²) in [7, 11) is -1.77. The molecule has 0 unspecified atom stereocenters. The van der Waals surface area contributed by atoms with Crippen LogP contribution in [-0.2, 0) is 16.6 Å². The molecule has 0 saturated carbocycles. The van der Waals surface area contributed by atoms with Crippen LogP contribution in [0.4, 0.5) is 9.18 Å². The number of nitrogens with one attached hydrogen (secondary N) is 2. The number of nitrogens with zero attached hydrogens (tertiary/aromatic N) is 1. The second kappa shape index (κ2) is 8.80. The fourth-order valence-corrected chi connectivity index (χ4v) is 2.07. The van der Waals surface area contributed by atoms with Crippen molar-refractivity contribution >= 4 is 16.1 Å². The molecule has 0 aliphatic rings. The van der Waals surface area contributed by atoms with Crippen molar-refractivity contribution < 1.29 is 17.6 Å². The third-order valence-electron chi connectivity index (χ3n) is 3.26. The third-order valence-corrected chi connectivity index (χ3v) is 4.54. The van der Waals surface area contributed by atoms with Gasteiger partial charge >= 0.3 is 6.03 Å². The summed E-state index contributed by atoms with van der Waals surface area (Å²) in [5, 5.41) is 9.20. The molecule has 1 aromatic rings. The topological polar surface area (TPSA) is 105 Å². The van der Waals surface area contributed by atoms with Crippen LogP contribution in [0.5, 0.6) is 0 Å². The van der Waals surface area contributed by atoms with Gasteiger partial charge in [0, 0.05) is 26.2 Å². The minimum atomic E-state index is -3.65. The highest BCUT2D eigenvalue weighted by molar-refractivity contribution is 7.89. The molecule has 0 aliphatic carbocycles. The van der Waals surface area contributed by atoms with Crippen LogP contribution in [0.25, 0.3) is 0 Å². The zero-order valence-electron chi connectivity index (χ0n) is 13.3. The summed E-state index contributed by atoms with van der Waals surface area (Å²) >= 11 is 0. The lowest BCUT2D eigenvalue weighted by Gasteiger charge is -2.17. The van der Waals surface area contributed by atoms with E-state index in [2.05, 4.69) is 10.6 Å². The average Bonchev–Trinajstić information content (AvgIpc) is 2.46. The number of carbonyl (C=O) groups excluding carboxylic acids is 1. The SMILES string of the molecule is C[C@H](CNC(=O)NCCN(C)Cc1ccc(F)cc1)S(N)(=O)=O. The second-order valence-electron chi connectivity index (χ2n) is 5.40. The first-order valence-electron chi connectivity index (χ1n) is 7.15. The van der Waals surface area contributed by atoms with Crippen molar-refractivity contribution in [3.05, 3.63) is 35.6 Å². The fraction of sp³-hybridized carbons (Fsp3) is 0.500. The maximum atomic E-state index is 12.8. The van der Waals surface area contributed by atoms with Crippen molar-refractivity contribution in [1.29, 1.82) is 0 Å². The highest BCUT2D eigenvalue weighted by atomic mass is 32.2. The van der Waals surface area contributed by atoms with E-state index < -0.39 is 21.3 Å². The summed E-state index contributed by atoms with van der Waals surface area (Å²) in [4.78, 5) is 13.5. The van der Waals surface area contributed by atoms with Crippen LogP contribution >= 0.6 is 0 Å². The van der Waals surface area contributed by atoms with Gasteiger partial charge in [0.05, 0.1) is 5.25 Å². The molecule has 0 aromatic heterocycles. The van der Waals surface area contributed by atoms with Crippen LogP contribution in [0, 0.1) is 5.82 Å². The van der Waals surface area contributed by atoms with E-state index in [0.29, 0.717) is 19.6 Å². The number of carbonyl (C=O) groups is 1. The molecule has 0 radical (unpaired) electrons. The number of nitrogens with two attached hydrogens (primary N) is 1. The molecule has 23 heavy (non-hydrogen) atoms. The summed E-state index contributed by atoms with van der Waals surface area (Å²) in [5.74, 6) is -0.275. The van der Waals surface area contributed by atoms with Gasteiger partial charge in [0.2, 0.25) is 10.0 Å². The van der Waals surface area contributed by atoms with Gasteiger partial charge in [-0.3, -0.25) is 0 Å².